The fraction of sp³-hybridized carbons (Fsp3) is 0.143. The van der Waals surface area contributed by atoms with E-state index in [0.29, 0.717) is 5.75 Å². The number of hydrogen-bond acceptors (Lipinski definition) is 2. The van der Waals surface area contributed by atoms with Gasteiger partial charge in [0.2, 0.25) is 0 Å². The van der Waals surface area contributed by atoms with Gasteiger partial charge in [0.15, 0.2) is 11.5 Å². The highest BCUT2D eigenvalue weighted by Crippen LogP contribution is 2.22. The smallest absolute Gasteiger partial charge is 0.160 e. The zero-order valence-electron chi connectivity index (χ0n) is 5.87. The van der Waals surface area contributed by atoms with Crippen LogP contribution in [-0.2, 0) is 0 Å². The molecule has 1 aromatic rings. The van der Waals surface area contributed by atoms with Crippen molar-refractivity contribution in [3.8, 4) is 11.5 Å². The quantitative estimate of drug-likeness (QED) is 0.614. The number of ether oxygens (including phenoxy) is 1. The van der Waals surface area contributed by atoms with E-state index in [1.165, 1.54) is 6.07 Å². The van der Waals surface area contributed by atoms with E-state index >= 15 is 0 Å². The average molecular weight is 125 g/mol. The number of phenols is 1. The standard InChI is InChI=1S/C7H8O2/c1-9-7-5-3-2-4-6(7)8/h2-5,8H,1H3/i1D. The molecule has 0 bridgehead atoms. The summed E-state index contributed by atoms with van der Waals surface area (Å²) in [5, 5.41) is 9.03. The van der Waals surface area contributed by atoms with Crippen molar-refractivity contribution in [2.24, 2.45) is 0 Å². The summed E-state index contributed by atoms with van der Waals surface area (Å²) >= 11 is 0. The fourth-order valence-electron chi connectivity index (χ4n) is 0.579. The van der Waals surface area contributed by atoms with Crippen molar-refractivity contribution in [1.29, 1.82) is 0 Å². The van der Waals surface area contributed by atoms with Gasteiger partial charge in [0.25, 0.3) is 0 Å². The Bertz CT molecular complexity index is 213. The number of benzene rings is 1. The summed E-state index contributed by atoms with van der Waals surface area (Å²) in [4.78, 5) is 0. The van der Waals surface area contributed by atoms with E-state index in [0.717, 1.165) is 0 Å². The predicted octanol–water partition coefficient (Wildman–Crippen LogP) is 1.40. The van der Waals surface area contributed by atoms with Crippen molar-refractivity contribution < 1.29 is 11.2 Å². The summed E-state index contributed by atoms with van der Waals surface area (Å²) in [5.41, 5.74) is 0. The molecule has 0 aromatic heterocycles. The van der Waals surface area contributed by atoms with Crippen LogP contribution in [0.4, 0.5) is 0 Å². The van der Waals surface area contributed by atoms with E-state index in [9.17, 15) is 0 Å². The predicted molar refractivity (Wildman–Crippen MR) is 34.7 cm³/mol. The Labute approximate surface area is 55.1 Å². The molecule has 0 aliphatic heterocycles. The lowest BCUT2D eigenvalue weighted by molar-refractivity contribution is 0.373. The largest absolute Gasteiger partial charge is 0.504 e. The van der Waals surface area contributed by atoms with Crippen molar-refractivity contribution in [2.75, 3.05) is 7.09 Å². The van der Waals surface area contributed by atoms with Crippen molar-refractivity contribution in [1.82, 2.24) is 0 Å². The van der Waals surface area contributed by atoms with E-state index in [2.05, 4.69) is 0 Å². The number of methoxy groups -OCH3 is 1. The third-order valence-corrected chi connectivity index (χ3v) is 1.02. The van der Waals surface area contributed by atoms with E-state index in [1.807, 2.05) is 0 Å². The molecule has 1 aromatic carbocycles. The zero-order chi connectivity index (χ0) is 7.40. The molecule has 0 fully saturated rings. The van der Waals surface area contributed by atoms with Gasteiger partial charge >= 0.3 is 0 Å². The molecule has 0 heterocycles. The molecule has 0 radical (unpaired) electrons. The van der Waals surface area contributed by atoms with Crippen molar-refractivity contribution in [2.45, 2.75) is 0 Å². The van der Waals surface area contributed by atoms with Gasteiger partial charge in [-0.3, -0.25) is 0 Å². The first kappa shape index (κ1) is 4.68. The van der Waals surface area contributed by atoms with Gasteiger partial charge in [0.1, 0.15) is 0 Å². The van der Waals surface area contributed by atoms with Crippen LogP contribution >= 0.6 is 0 Å². The number of aromatic hydroxyl groups is 1. The molecule has 0 aliphatic carbocycles. The van der Waals surface area contributed by atoms with Crippen LogP contribution in [0.3, 0.4) is 0 Å². The van der Waals surface area contributed by atoms with Crippen LogP contribution in [0.1, 0.15) is 1.37 Å². The van der Waals surface area contributed by atoms with Crippen LogP contribution in [0.25, 0.3) is 0 Å². The van der Waals surface area contributed by atoms with Gasteiger partial charge in [-0.1, -0.05) is 12.1 Å². The van der Waals surface area contributed by atoms with Crippen LogP contribution in [0.15, 0.2) is 24.3 Å². The van der Waals surface area contributed by atoms with Crippen molar-refractivity contribution >= 4 is 0 Å². The summed E-state index contributed by atoms with van der Waals surface area (Å²) in [6, 6.07) is 6.58. The number of hydrogen-bond donors (Lipinski definition) is 1. The minimum atomic E-state index is -0.169. The molecule has 0 unspecified atom stereocenters. The molecule has 9 heavy (non-hydrogen) atoms. The van der Waals surface area contributed by atoms with Crippen molar-refractivity contribution in [3.05, 3.63) is 24.3 Å². The Kier molecular flexibility index (Phi) is 1.24. The highest BCUT2D eigenvalue weighted by molar-refractivity contribution is 5.37. The van der Waals surface area contributed by atoms with Crippen LogP contribution in [0.5, 0.6) is 11.5 Å². The van der Waals surface area contributed by atoms with E-state index < -0.39 is 0 Å². The first-order chi connectivity index (χ1) is 4.84. The SMILES string of the molecule is [2H]COc1ccccc1O. The van der Waals surface area contributed by atoms with Crippen LogP contribution in [0.2, 0.25) is 0 Å². The van der Waals surface area contributed by atoms with E-state index in [1.54, 1.807) is 18.2 Å². The van der Waals surface area contributed by atoms with Crippen LogP contribution in [0, 0.1) is 0 Å². The maximum Gasteiger partial charge on any atom is 0.160 e. The van der Waals surface area contributed by atoms with Crippen LogP contribution < -0.4 is 4.74 Å². The molecule has 2 nitrogen and oxygen atoms in total. The molecular formula is C7H8O2. The van der Waals surface area contributed by atoms with Gasteiger partial charge < -0.3 is 9.84 Å². The Balaban J connectivity index is 2.81. The molecule has 0 amide bonds. The van der Waals surface area contributed by atoms with Gasteiger partial charge in [-0.15, -0.1) is 0 Å². The zero-order valence-corrected chi connectivity index (χ0v) is 4.87. The Hall–Kier alpha value is -1.18. The average Bonchev–Trinajstić information content (AvgIpc) is 1.94. The minimum absolute atomic E-state index is 0.0785. The van der Waals surface area contributed by atoms with E-state index in [-0.39, 0.29) is 12.8 Å². The fourth-order valence-corrected chi connectivity index (χ4v) is 0.579. The number of phenolic OH excluding ortho intramolecular Hbond substituents is 1. The minimum Gasteiger partial charge on any atom is -0.504 e. The topological polar surface area (TPSA) is 29.5 Å². The molecule has 0 spiro atoms. The maximum absolute atomic E-state index is 9.03. The lowest BCUT2D eigenvalue weighted by Gasteiger charge is -1.99. The highest BCUT2D eigenvalue weighted by atomic mass is 16.5. The van der Waals surface area contributed by atoms with Gasteiger partial charge in [-0.25, -0.2) is 0 Å². The molecule has 1 N–H and O–H groups in total. The first-order valence-electron chi connectivity index (χ1n) is 3.25. The van der Waals surface area contributed by atoms with Gasteiger partial charge in [0, 0.05) is 0 Å². The monoisotopic (exact) mass is 125 g/mol. The summed E-state index contributed by atoms with van der Waals surface area (Å²) < 4.78 is 11.5. The second kappa shape index (κ2) is 2.40. The van der Waals surface area contributed by atoms with Gasteiger partial charge in [-0.05, 0) is 12.1 Å². The molecule has 0 aliphatic rings. The van der Waals surface area contributed by atoms with Crippen LogP contribution in [-0.4, -0.2) is 12.2 Å². The molecular weight excluding hydrogens is 116 g/mol. The second-order valence-electron chi connectivity index (χ2n) is 1.61. The van der Waals surface area contributed by atoms with Crippen molar-refractivity contribution in [3.63, 3.8) is 0 Å². The number of rotatable bonds is 1. The molecule has 1 rings (SSSR count). The molecule has 48 valence electrons. The lowest BCUT2D eigenvalue weighted by Crippen LogP contribution is -1.80. The Morgan fingerprint density at radius 3 is 3.00 bits per heavy atom. The molecule has 2 heteroatoms. The van der Waals surface area contributed by atoms with Gasteiger partial charge in [-0.2, -0.15) is 0 Å². The molecule has 0 atom stereocenters. The summed E-state index contributed by atoms with van der Waals surface area (Å²) in [5.74, 6) is 0.437. The molecule has 0 saturated heterocycles. The summed E-state index contributed by atoms with van der Waals surface area (Å²) in [7, 11) is -0.169. The highest BCUT2D eigenvalue weighted by Gasteiger charge is 1.94. The third kappa shape index (κ3) is 1.13. The third-order valence-electron chi connectivity index (χ3n) is 1.02. The second-order valence-corrected chi connectivity index (χ2v) is 1.61. The normalized spacial score (nSPS) is 10.4. The molecule has 0 saturated carbocycles. The summed E-state index contributed by atoms with van der Waals surface area (Å²) in [6.45, 7) is 0. The van der Waals surface area contributed by atoms with E-state index in [4.69, 9.17) is 11.2 Å². The summed E-state index contributed by atoms with van der Waals surface area (Å²) in [6.07, 6.45) is 0. The first-order valence-corrected chi connectivity index (χ1v) is 2.54. The lowest BCUT2D eigenvalue weighted by atomic mass is 10.3. The Morgan fingerprint density at radius 1 is 1.56 bits per heavy atom. The maximum atomic E-state index is 9.03. The number of para-hydroxylation sites is 2. The van der Waals surface area contributed by atoms with Gasteiger partial charge in [0.05, 0.1) is 8.46 Å². The Morgan fingerprint density at radius 2 is 2.33 bits per heavy atom.